The highest BCUT2D eigenvalue weighted by atomic mass is 32.2. The smallest absolute Gasteiger partial charge is 0.227 e. The number of aromatic nitrogens is 3. The third-order valence-electron chi connectivity index (χ3n) is 3.82. The molecule has 6 nitrogen and oxygen atoms in total. The molecule has 0 fully saturated rings. The first-order valence-electron chi connectivity index (χ1n) is 8.85. The predicted molar refractivity (Wildman–Crippen MR) is 107 cm³/mol. The molecule has 3 aromatic rings. The largest absolute Gasteiger partial charge is 0.339 e. The number of nitrogens with one attached hydrogen (secondary N) is 1. The molecule has 3 rings (SSSR count). The molecule has 0 aliphatic carbocycles. The number of amides is 1. The lowest BCUT2D eigenvalue weighted by Gasteiger charge is -2.09. The fraction of sp³-hybridized carbons (Fsp3) is 0.368. The second-order valence-corrected chi connectivity index (χ2v) is 8.41. The van der Waals surface area contributed by atoms with Crippen LogP contribution in [0, 0.1) is 13.8 Å². The Morgan fingerprint density at radius 3 is 2.81 bits per heavy atom. The quantitative estimate of drug-likeness (QED) is 0.582. The zero-order chi connectivity index (χ0) is 19.2. The molecule has 0 aliphatic heterocycles. The van der Waals surface area contributed by atoms with E-state index in [0.29, 0.717) is 24.6 Å². The lowest BCUT2D eigenvalue weighted by molar-refractivity contribution is -0.116. The normalized spacial score (nSPS) is 10.9. The summed E-state index contributed by atoms with van der Waals surface area (Å²) in [5, 5.41) is 8.90. The third-order valence-corrected chi connectivity index (χ3v) is 5.87. The molecule has 27 heavy (non-hydrogen) atoms. The maximum Gasteiger partial charge on any atom is 0.227 e. The van der Waals surface area contributed by atoms with Gasteiger partial charge >= 0.3 is 0 Å². The molecule has 0 saturated heterocycles. The van der Waals surface area contributed by atoms with Crippen LogP contribution in [0.1, 0.15) is 42.7 Å². The van der Waals surface area contributed by atoms with Crippen LogP contribution in [0.25, 0.3) is 0 Å². The zero-order valence-electron chi connectivity index (χ0n) is 15.6. The van der Waals surface area contributed by atoms with E-state index in [-0.39, 0.29) is 5.91 Å². The highest BCUT2D eigenvalue weighted by Crippen LogP contribution is 2.32. The minimum Gasteiger partial charge on any atom is -0.339 e. The van der Waals surface area contributed by atoms with Crippen molar-refractivity contribution in [3.8, 4) is 0 Å². The summed E-state index contributed by atoms with van der Waals surface area (Å²) in [6.45, 7) is 6.04. The lowest BCUT2D eigenvalue weighted by Crippen LogP contribution is -2.13. The van der Waals surface area contributed by atoms with Crippen molar-refractivity contribution in [2.24, 2.45) is 0 Å². The summed E-state index contributed by atoms with van der Waals surface area (Å²) in [4.78, 5) is 22.1. The Morgan fingerprint density at radius 2 is 2.11 bits per heavy atom. The average Bonchev–Trinajstić information content (AvgIpc) is 3.25. The number of anilines is 1. The van der Waals surface area contributed by atoms with Crippen LogP contribution in [0.2, 0.25) is 0 Å². The Balaban J connectivity index is 1.53. The first-order valence-corrected chi connectivity index (χ1v) is 10.5. The molecule has 2 aromatic heterocycles. The molecule has 0 atom stereocenters. The van der Waals surface area contributed by atoms with Crippen molar-refractivity contribution < 1.29 is 9.32 Å². The van der Waals surface area contributed by atoms with Gasteiger partial charge in [0.15, 0.2) is 10.2 Å². The molecule has 1 aromatic carbocycles. The average molecular weight is 403 g/mol. The molecule has 0 saturated carbocycles. The van der Waals surface area contributed by atoms with Gasteiger partial charge in [-0.1, -0.05) is 23.8 Å². The molecule has 1 N–H and O–H groups in total. The molecule has 8 heteroatoms. The minimum atomic E-state index is -0.0655. The first-order chi connectivity index (χ1) is 13.0. The Morgan fingerprint density at radius 1 is 1.26 bits per heavy atom. The van der Waals surface area contributed by atoms with Crippen LogP contribution >= 0.6 is 23.1 Å². The fourth-order valence-electron chi connectivity index (χ4n) is 2.47. The number of hydrogen-bond donors (Lipinski definition) is 1. The highest BCUT2D eigenvalue weighted by molar-refractivity contribution is 8.01. The molecule has 0 unspecified atom stereocenters. The van der Waals surface area contributed by atoms with E-state index in [1.807, 2.05) is 31.4 Å². The third kappa shape index (κ3) is 5.64. The van der Waals surface area contributed by atoms with Crippen LogP contribution in [0.4, 0.5) is 5.69 Å². The van der Waals surface area contributed by atoms with Gasteiger partial charge in [-0.3, -0.25) is 4.79 Å². The molecule has 0 spiro atoms. The van der Waals surface area contributed by atoms with Crippen molar-refractivity contribution in [3.63, 3.8) is 0 Å². The number of carbonyl (C=O) groups excluding carboxylic acids is 1. The maximum atomic E-state index is 12.2. The molecule has 1 amide bonds. The van der Waals surface area contributed by atoms with Crippen molar-refractivity contribution in [2.75, 3.05) is 5.32 Å². The number of hydrogen-bond acceptors (Lipinski definition) is 7. The van der Waals surface area contributed by atoms with Crippen LogP contribution in [0.5, 0.6) is 0 Å². The summed E-state index contributed by atoms with van der Waals surface area (Å²) >= 11 is 3.27. The number of nitrogens with zero attached hydrogens (tertiary/aromatic N) is 3. The highest BCUT2D eigenvalue weighted by Gasteiger charge is 2.11. The van der Waals surface area contributed by atoms with Gasteiger partial charge in [0, 0.05) is 40.9 Å². The lowest BCUT2D eigenvalue weighted by atomic mass is 10.2. The van der Waals surface area contributed by atoms with E-state index in [1.165, 1.54) is 0 Å². The zero-order valence-corrected chi connectivity index (χ0v) is 17.2. The van der Waals surface area contributed by atoms with E-state index >= 15 is 0 Å². The van der Waals surface area contributed by atoms with Crippen molar-refractivity contribution in [1.29, 1.82) is 0 Å². The number of aryl methyl sites for hydroxylation is 4. The molecular formula is C19H22N4O2S2. The van der Waals surface area contributed by atoms with E-state index in [0.717, 1.165) is 39.0 Å². The number of thiazole rings is 1. The minimum absolute atomic E-state index is 0.0655. The van der Waals surface area contributed by atoms with Crippen molar-refractivity contribution in [3.05, 3.63) is 46.6 Å². The van der Waals surface area contributed by atoms with Gasteiger partial charge in [0.25, 0.3) is 0 Å². The summed E-state index contributed by atoms with van der Waals surface area (Å²) in [6, 6.07) is 5.99. The monoisotopic (exact) mass is 402 g/mol. The topological polar surface area (TPSA) is 80.9 Å². The summed E-state index contributed by atoms with van der Waals surface area (Å²) in [5.41, 5.74) is 2.87. The van der Waals surface area contributed by atoms with E-state index in [2.05, 4.69) is 33.4 Å². The number of carbonyl (C=O) groups is 1. The van der Waals surface area contributed by atoms with Crippen LogP contribution in [-0.4, -0.2) is 21.0 Å². The van der Waals surface area contributed by atoms with Crippen LogP contribution in [0.3, 0.4) is 0 Å². The second-order valence-electron chi connectivity index (χ2n) is 6.24. The molecule has 142 valence electrons. The maximum absolute atomic E-state index is 12.2. The van der Waals surface area contributed by atoms with E-state index < -0.39 is 0 Å². The van der Waals surface area contributed by atoms with Crippen LogP contribution in [0.15, 0.2) is 37.3 Å². The standard InChI is InChI=1S/C19H22N4O2S2/c1-4-5-16-22-18(25-23-16)9-8-17(24)21-15-7-6-14(10-12(15)2)27-19-20-13(3)11-26-19/h6-7,10-11H,4-5,8-9H2,1-3H3,(H,21,24). The molecule has 0 aliphatic rings. The summed E-state index contributed by atoms with van der Waals surface area (Å²) in [7, 11) is 0. The second kappa shape index (κ2) is 9.14. The van der Waals surface area contributed by atoms with Gasteiger partial charge in [0.1, 0.15) is 0 Å². The van der Waals surface area contributed by atoms with Gasteiger partial charge in [0.2, 0.25) is 11.8 Å². The van der Waals surface area contributed by atoms with Gasteiger partial charge in [0.05, 0.1) is 0 Å². The van der Waals surface area contributed by atoms with Gasteiger partial charge in [-0.05, 0) is 44.0 Å². The molecule has 0 radical (unpaired) electrons. The van der Waals surface area contributed by atoms with Crippen LogP contribution < -0.4 is 5.32 Å². The van der Waals surface area contributed by atoms with Crippen molar-refractivity contribution in [1.82, 2.24) is 15.1 Å². The Hall–Kier alpha value is -2.19. The van der Waals surface area contributed by atoms with Gasteiger partial charge in [-0.25, -0.2) is 4.98 Å². The van der Waals surface area contributed by atoms with Crippen molar-refractivity contribution in [2.45, 2.75) is 55.7 Å². The first kappa shape index (κ1) is 19.6. The van der Waals surface area contributed by atoms with Gasteiger partial charge in [-0.15, -0.1) is 11.3 Å². The summed E-state index contributed by atoms with van der Waals surface area (Å²) in [6.07, 6.45) is 2.51. The van der Waals surface area contributed by atoms with Gasteiger partial charge in [-0.2, -0.15) is 4.98 Å². The Labute approximate surface area is 166 Å². The van der Waals surface area contributed by atoms with Gasteiger partial charge < -0.3 is 9.84 Å². The van der Waals surface area contributed by atoms with E-state index in [9.17, 15) is 4.79 Å². The number of rotatable bonds is 8. The summed E-state index contributed by atoms with van der Waals surface area (Å²) < 4.78 is 6.19. The summed E-state index contributed by atoms with van der Waals surface area (Å²) in [5.74, 6) is 1.15. The molecular weight excluding hydrogens is 380 g/mol. The molecule has 0 bridgehead atoms. The Kier molecular flexibility index (Phi) is 6.63. The predicted octanol–water partition coefficient (Wildman–Crippen LogP) is 4.82. The number of benzene rings is 1. The van der Waals surface area contributed by atoms with Crippen LogP contribution in [-0.2, 0) is 17.6 Å². The SMILES string of the molecule is CCCc1noc(CCC(=O)Nc2ccc(Sc3nc(C)cs3)cc2C)n1. The van der Waals surface area contributed by atoms with E-state index in [1.54, 1.807) is 23.1 Å². The molecule has 2 heterocycles. The fourth-order valence-corrected chi connectivity index (χ4v) is 4.38. The van der Waals surface area contributed by atoms with Crippen molar-refractivity contribution >= 4 is 34.7 Å². The van der Waals surface area contributed by atoms with E-state index in [4.69, 9.17) is 4.52 Å². The Bertz CT molecular complexity index is 920.